The van der Waals surface area contributed by atoms with E-state index in [9.17, 15) is 10.1 Å². The number of thioether (sulfide) groups is 1. The molecule has 0 aromatic carbocycles. The van der Waals surface area contributed by atoms with Crippen molar-refractivity contribution in [3.8, 4) is 0 Å². The molecule has 0 radical (unpaired) electrons. The summed E-state index contributed by atoms with van der Waals surface area (Å²) in [5.74, 6) is 0.159. The third-order valence-corrected chi connectivity index (χ3v) is 3.19. The van der Waals surface area contributed by atoms with Crippen LogP contribution in [0, 0.1) is 10.1 Å². The monoisotopic (exact) mass is 308 g/mol. The minimum absolute atomic E-state index is 0.121. The Morgan fingerprint density at radius 3 is 2.94 bits per heavy atom. The van der Waals surface area contributed by atoms with Gasteiger partial charge in [-0.05, 0) is 15.9 Å². The molecule has 0 aliphatic heterocycles. The number of halogens is 1. The van der Waals surface area contributed by atoms with Crippen LogP contribution in [0.5, 0.6) is 0 Å². The predicted octanol–water partition coefficient (Wildman–Crippen LogP) is 1.20. The molecule has 1 heterocycles. The number of hydrogen-bond acceptors (Lipinski definition) is 6. The van der Waals surface area contributed by atoms with E-state index in [0.717, 1.165) is 11.8 Å². The summed E-state index contributed by atoms with van der Waals surface area (Å²) in [5, 5.41) is 28.7. The summed E-state index contributed by atoms with van der Waals surface area (Å²) in [7, 11) is 0. The van der Waals surface area contributed by atoms with E-state index in [2.05, 4.69) is 20.9 Å². The van der Waals surface area contributed by atoms with Crippen molar-refractivity contribution in [3.63, 3.8) is 0 Å². The molecule has 16 heavy (non-hydrogen) atoms. The Balaban J connectivity index is 2.82. The van der Waals surface area contributed by atoms with Crippen molar-refractivity contribution in [3.05, 3.63) is 26.9 Å². The number of nitrogens with zero attached hydrogens (tertiary/aromatic N) is 2. The molecular weight excluding hydrogens is 300 g/mol. The minimum Gasteiger partial charge on any atom is -0.394 e. The fourth-order valence-electron chi connectivity index (χ4n) is 0.886. The average molecular weight is 309 g/mol. The zero-order valence-corrected chi connectivity index (χ0v) is 10.4. The zero-order chi connectivity index (χ0) is 12.1. The van der Waals surface area contributed by atoms with Gasteiger partial charge in [-0.15, -0.1) is 0 Å². The summed E-state index contributed by atoms with van der Waals surface area (Å²) >= 11 is 4.13. The van der Waals surface area contributed by atoms with E-state index in [-0.39, 0.29) is 23.1 Å². The van der Waals surface area contributed by atoms with E-state index in [1.165, 1.54) is 12.3 Å². The van der Waals surface area contributed by atoms with Gasteiger partial charge >= 0.3 is 5.69 Å². The number of aromatic nitrogens is 1. The molecule has 0 fully saturated rings. The smallest absolute Gasteiger partial charge is 0.302 e. The van der Waals surface area contributed by atoms with Gasteiger partial charge in [-0.3, -0.25) is 10.1 Å². The Kier molecular flexibility index (Phi) is 5.13. The third kappa shape index (κ3) is 3.71. The lowest BCUT2D eigenvalue weighted by Crippen LogP contribution is -2.14. The van der Waals surface area contributed by atoms with Crippen LogP contribution in [-0.2, 0) is 0 Å². The molecule has 1 aromatic rings. The van der Waals surface area contributed by atoms with Gasteiger partial charge in [-0.25, -0.2) is 4.98 Å². The van der Waals surface area contributed by atoms with E-state index in [0.29, 0.717) is 4.47 Å². The van der Waals surface area contributed by atoms with Crippen LogP contribution in [0.4, 0.5) is 5.69 Å². The van der Waals surface area contributed by atoms with E-state index >= 15 is 0 Å². The second-order valence-electron chi connectivity index (χ2n) is 2.88. The molecule has 0 amide bonds. The lowest BCUT2D eigenvalue weighted by Gasteiger charge is -2.06. The molecule has 0 saturated heterocycles. The van der Waals surface area contributed by atoms with Crippen molar-refractivity contribution >= 4 is 33.4 Å². The lowest BCUT2D eigenvalue weighted by molar-refractivity contribution is -0.388. The van der Waals surface area contributed by atoms with Gasteiger partial charge in [0.05, 0.1) is 17.6 Å². The van der Waals surface area contributed by atoms with Gasteiger partial charge < -0.3 is 10.2 Å². The van der Waals surface area contributed by atoms with Crippen LogP contribution in [0.3, 0.4) is 0 Å². The van der Waals surface area contributed by atoms with Crippen LogP contribution >= 0.6 is 27.7 Å². The average Bonchev–Trinajstić information content (AvgIpc) is 2.26. The molecule has 1 unspecified atom stereocenters. The maximum absolute atomic E-state index is 10.7. The first kappa shape index (κ1) is 13.4. The Morgan fingerprint density at radius 2 is 2.38 bits per heavy atom. The highest BCUT2D eigenvalue weighted by molar-refractivity contribution is 9.10. The lowest BCUT2D eigenvalue weighted by atomic mass is 10.4. The van der Waals surface area contributed by atoms with E-state index in [1.807, 2.05) is 0 Å². The molecule has 0 aliphatic rings. The molecule has 0 aliphatic carbocycles. The van der Waals surface area contributed by atoms with Crippen LogP contribution in [-0.4, -0.2) is 38.6 Å². The van der Waals surface area contributed by atoms with Crippen molar-refractivity contribution in [2.45, 2.75) is 11.1 Å². The number of rotatable bonds is 5. The van der Waals surface area contributed by atoms with Crippen molar-refractivity contribution in [2.75, 3.05) is 12.4 Å². The summed E-state index contributed by atoms with van der Waals surface area (Å²) in [6.07, 6.45) is 0.538. The fraction of sp³-hybridized carbons (Fsp3) is 0.375. The molecule has 1 aromatic heterocycles. The zero-order valence-electron chi connectivity index (χ0n) is 8.04. The molecule has 0 saturated carbocycles. The largest absolute Gasteiger partial charge is 0.394 e. The molecular formula is C8H9BrN2O4S. The first-order chi connectivity index (χ1) is 7.54. The van der Waals surface area contributed by atoms with Gasteiger partial charge in [0.15, 0.2) is 5.03 Å². The second kappa shape index (κ2) is 6.14. The Hall–Kier alpha value is -0.700. The van der Waals surface area contributed by atoms with Crippen molar-refractivity contribution in [1.82, 2.24) is 4.98 Å². The summed E-state index contributed by atoms with van der Waals surface area (Å²) in [6.45, 7) is -0.378. The van der Waals surface area contributed by atoms with Crippen LogP contribution in [0.1, 0.15) is 0 Å². The molecule has 8 heteroatoms. The van der Waals surface area contributed by atoms with Gasteiger partial charge in [-0.2, -0.15) is 0 Å². The first-order valence-electron chi connectivity index (χ1n) is 4.26. The first-order valence-corrected chi connectivity index (χ1v) is 6.04. The number of nitro groups is 1. The Labute approximate surface area is 104 Å². The highest BCUT2D eigenvalue weighted by atomic mass is 79.9. The topological polar surface area (TPSA) is 96.5 Å². The van der Waals surface area contributed by atoms with Crippen LogP contribution in [0.15, 0.2) is 21.8 Å². The number of aliphatic hydroxyl groups excluding tert-OH is 2. The number of aliphatic hydroxyl groups is 2. The molecule has 88 valence electrons. The summed E-state index contributed by atoms with van der Waals surface area (Å²) < 4.78 is 0.520. The third-order valence-electron chi connectivity index (χ3n) is 1.62. The summed E-state index contributed by atoms with van der Waals surface area (Å²) in [5.41, 5.74) is -0.121. The van der Waals surface area contributed by atoms with E-state index in [1.54, 1.807) is 0 Å². The number of hydrogen-bond donors (Lipinski definition) is 2. The molecule has 2 N–H and O–H groups in total. The van der Waals surface area contributed by atoms with E-state index in [4.69, 9.17) is 10.2 Å². The Bertz CT molecular complexity index is 390. The fourth-order valence-corrected chi connectivity index (χ4v) is 2.07. The van der Waals surface area contributed by atoms with Gasteiger partial charge in [-0.1, -0.05) is 11.8 Å². The van der Waals surface area contributed by atoms with Gasteiger partial charge in [0.1, 0.15) is 0 Å². The maximum Gasteiger partial charge on any atom is 0.302 e. The quantitative estimate of drug-likeness (QED) is 0.482. The van der Waals surface area contributed by atoms with Crippen LogP contribution < -0.4 is 0 Å². The second-order valence-corrected chi connectivity index (χ2v) is 4.81. The molecule has 1 atom stereocenters. The molecule has 1 rings (SSSR count). The maximum atomic E-state index is 10.7. The minimum atomic E-state index is -0.907. The predicted molar refractivity (Wildman–Crippen MR) is 62.4 cm³/mol. The normalized spacial score (nSPS) is 12.4. The highest BCUT2D eigenvalue weighted by Gasteiger charge is 2.17. The molecule has 0 spiro atoms. The van der Waals surface area contributed by atoms with Crippen molar-refractivity contribution in [1.29, 1.82) is 0 Å². The Morgan fingerprint density at radius 1 is 1.69 bits per heavy atom. The summed E-state index contributed by atoms with van der Waals surface area (Å²) in [4.78, 5) is 14.1. The summed E-state index contributed by atoms with van der Waals surface area (Å²) in [6, 6.07) is 1.35. The highest BCUT2D eigenvalue weighted by Crippen LogP contribution is 2.29. The molecule has 0 bridgehead atoms. The standard InChI is InChI=1S/C8H9BrN2O4S/c9-5-1-7(11(14)15)8(10-2-5)16-4-6(13)3-12/h1-2,6,12-13H,3-4H2. The van der Waals surface area contributed by atoms with Gasteiger partial charge in [0, 0.05) is 22.5 Å². The van der Waals surface area contributed by atoms with Gasteiger partial charge in [0.2, 0.25) is 0 Å². The van der Waals surface area contributed by atoms with Crippen LogP contribution in [0.25, 0.3) is 0 Å². The van der Waals surface area contributed by atoms with Gasteiger partial charge in [0.25, 0.3) is 0 Å². The van der Waals surface area contributed by atoms with Crippen molar-refractivity contribution < 1.29 is 15.1 Å². The SMILES string of the molecule is O=[N+]([O-])c1cc(Br)cnc1SCC(O)CO. The van der Waals surface area contributed by atoms with Crippen LogP contribution in [0.2, 0.25) is 0 Å². The van der Waals surface area contributed by atoms with E-state index < -0.39 is 11.0 Å². The number of pyridine rings is 1. The molecule has 6 nitrogen and oxygen atoms in total. The van der Waals surface area contributed by atoms with Crippen molar-refractivity contribution in [2.24, 2.45) is 0 Å².